The molecular weight excluding hydrogens is 767 g/mol. The van der Waals surface area contributed by atoms with Crippen molar-refractivity contribution >= 4 is 40.0 Å². The van der Waals surface area contributed by atoms with Gasteiger partial charge in [0, 0.05) is 45.3 Å². The van der Waals surface area contributed by atoms with Crippen molar-refractivity contribution in [2.24, 2.45) is 0 Å². The number of hydrogen-bond acceptors (Lipinski definition) is 8. The Morgan fingerprint density at radius 2 is 1.33 bits per heavy atom. The van der Waals surface area contributed by atoms with Gasteiger partial charge in [0.2, 0.25) is 11.8 Å². The van der Waals surface area contributed by atoms with Crippen LogP contribution in [-0.2, 0) is 27.3 Å². The Hall–Kier alpha value is -6.05. The second-order valence-corrected chi connectivity index (χ2v) is 17.3. The van der Waals surface area contributed by atoms with Crippen LogP contribution in [0.3, 0.4) is 0 Å². The van der Waals surface area contributed by atoms with Gasteiger partial charge >= 0.3 is 6.09 Å². The number of amides is 3. The van der Waals surface area contributed by atoms with Gasteiger partial charge in [-0.25, -0.2) is 14.8 Å². The maximum atomic E-state index is 13.9. The van der Waals surface area contributed by atoms with Gasteiger partial charge in [-0.3, -0.25) is 14.5 Å². The van der Waals surface area contributed by atoms with Crippen molar-refractivity contribution in [2.75, 3.05) is 46.9 Å². The number of rotatable bonds is 9. The number of piperazine rings is 1. The molecule has 13 heteroatoms. The van der Waals surface area contributed by atoms with Crippen LogP contribution in [-0.4, -0.2) is 116 Å². The molecule has 4 aliphatic rings. The van der Waals surface area contributed by atoms with Crippen molar-refractivity contribution in [1.82, 2.24) is 44.9 Å². The van der Waals surface area contributed by atoms with Crippen LogP contribution in [0.2, 0.25) is 0 Å². The Morgan fingerprint density at radius 3 is 1.98 bits per heavy atom. The predicted molar refractivity (Wildman–Crippen MR) is 234 cm³/mol. The number of likely N-dealkylation sites (N-methyl/N-ethyl adjacent to an activating group) is 1. The summed E-state index contributed by atoms with van der Waals surface area (Å²) in [5.74, 6) is 1.72. The molecule has 0 bridgehead atoms. The number of imidazole rings is 2. The van der Waals surface area contributed by atoms with Gasteiger partial charge in [-0.1, -0.05) is 60.7 Å². The van der Waals surface area contributed by atoms with Crippen LogP contribution in [0, 0.1) is 0 Å². The Balaban J connectivity index is 0.816. The van der Waals surface area contributed by atoms with E-state index in [1.54, 1.807) is 0 Å². The smallest absolute Gasteiger partial charge is 0.407 e. The normalized spacial score (nSPS) is 22.3. The van der Waals surface area contributed by atoms with Gasteiger partial charge in [-0.15, -0.1) is 0 Å². The van der Waals surface area contributed by atoms with E-state index in [2.05, 4.69) is 105 Å². The maximum absolute atomic E-state index is 13.9. The molecule has 10 rings (SSSR count). The minimum atomic E-state index is -0.587. The highest BCUT2D eigenvalue weighted by Crippen LogP contribution is 2.41. The second kappa shape index (κ2) is 16.4. The van der Waals surface area contributed by atoms with E-state index in [9.17, 15) is 14.4 Å². The van der Waals surface area contributed by atoms with E-state index in [0.29, 0.717) is 12.8 Å². The molecule has 6 heterocycles. The Morgan fingerprint density at radius 1 is 0.721 bits per heavy atom. The minimum Gasteiger partial charge on any atom is -0.453 e. The number of ether oxygens (including phenoxy) is 1. The number of carbonyl (C=O) groups is 3. The number of aromatic amines is 2. The highest BCUT2D eigenvalue weighted by molar-refractivity contribution is 5.88. The van der Waals surface area contributed by atoms with E-state index in [4.69, 9.17) is 14.7 Å². The average molecular weight is 820 g/mol. The number of fused-ring (bicyclic) bond motifs is 3. The zero-order valence-electron chi connectivity index (χ0n) is 34.9. The summed E-state index contributed by atoms with van der Waals surface area (Å²) in [4.78, 5) is 65.2. The van der Waals surface area contributed by atoms with Crippen LogP contribution in [0.4, 0.5) is 4.79 Å². The van der Waals surface area contributed by atoms with E-state index in [-0.39, 0.29) is 29.9 Å². The van der Waals surface area contributed by atoms with Crippen LogP contribution in [0.1, 0.15) is 73.4 Å². The van der Waals surface area contributed by atoms with Gasteiger partial charge in [0.25, 0.3) is 0 Å². The van der Waals surface area contributed by atoms with Gasteiger partial charge in [0.1, 0.15) is 17.7 Å². The highest BCUT2D eigenvalue weighted by atomic mass is 16.5. The molecule has 314 valence electrons. The molecule has 0 spiro atoms. The highest BCUT2D eigenvalue weighted by Gasteiger charge is 2.45. The van der Waals surface area contributed by atoms with Crippen molar-refractivity contribution < 1.29 is 19.1 Å². The lowest BCUT2D eigenvalue weighted by molar-refractivity contribution is -0.139. The summed E-state index contributed by atoms with van der Waals surface area (Å²) in [6.07, 6.45) is 4.86. The molecule has 3 N–H and O–H groups in total. The van der Waals surface area contributed by atoms with Crippen LogP contribution in [0.25, 0.3) is 44.3 Å². The van der Waals surface area contributed by atoms with Gasteiger partial charge in [-0.2, -0.15) is 0 Å². The van der Waals surface area contributed by atoms with Crippen molar-refractivity contribution in [3.8, 4) is 22.3 Å². The summed E-state index contributed by atoms with van der Waals surface area (Å²) in [6.45, 7) is 5.86. The third-order valence-electron chi connectivity index (χ3n) is 13.5. The molecule has 3 amide bonds. The first-order valence-electron chi connectivity index (χ1n) is 21.8. The summed E-state index contributed by atoms with van der Waals surface area (Å²) in [7, 11) is 3.49. The molecule has 4 fully saturated rings. The molecule has 0 unspecified atom stereocenters. The van der Waals surface area contributed by atoms with Crippen LogP contribution in [0.5, 0.6) is 0 Å². The van der Waals surface area contributed by atoms with Gasteiger partial charge in [0.15, 0.2) is 0 Å². The summed E-state index contributed by atoms with van der Waals surface area (Å²) >= 11 is 0. The summed E-state index contributed by atoms with van der Waals surface area (Å²) in [5.41, 5.74) is 10.3. The third kappa shape index (κ3) is 7.76. The van der Waals surface area contributed by atoms with Crippen LogP contribution < -0.4 is 5.32 Å². The first kappa shape index (κ1) is 39.1. The minimum absolute atomic E-state index is 0.0688. The molecule has 61 heavy (non-hydrogen) atoms. The number of aromatic nitrogens is 4. The molecule has 4 atom stereocenters. The number of likely N-dealkylation sites (tertiary alicyclic amines) is 1. The van der Waals surface area contributed by atoms with Gasteiger partial charge in [-0.05, 0) is 103 Å². The Bertz CT molecular complexity index is 2590. The molecular formula is C48H53N9O4. The number of alkyl carbamates (subject to hydrolysis) is 1. The third-order valence-corrected chi connectivity index (χ3v) is 13.5. The molecule has 4 aliphatic heterocycles. The number of methoxy groups -OCH3 is 1. The molecule has 6 aromatic rings. The lowest BCUT2D eigenvalue weighted by atomic mass is 9.98. The first-order chi connectivity index (χ1) is 29.8. The molecule has 2 aromatic heterocycles. The van der Waals surface area contributed by atoms with E-state index in [1.165, 1.54) is 12.7 Å². The monoisotopic (exact) mass is 819 g/mol. The number of carbonyl (C=O) groups excluding carboxylic acids is 3. The average Bonchev–Trinajstić information content (AvgIpc) is 4.11. The fourth-order valence-corrected chi connectivity index (χ4v) is 10.1. The maximum Gasteiger partial charge on any atom is 0.407 e. The van der Waals surface area contributed by atoms with Crippen molar-refractivity contribution in [3.05, 3.63) is 108 Å². The quantitative estimate of drug-likeness (QED) is 0.142. The topological polar surface area (TPSA) is 143 Å². The zero-order valence-corrected chi connectivity index (χ0v) is 34.9. The predicted octanol–water partition coefficient (Wildman–Crippen LogP) is 6.98. The van der Waals surface area contributed by atoms with E-state index < -0.39 is 12.1 Å². The number of piperidine rings is 1. The standard InChI is InChI=1S/C48H53N9O4/c1-54-22-24-55(25-23-54)29-35-7-4-3-6-32(35)28-44(58)56-21-5-8-42(56)45-49-37-17-13-33(26-40(37)51-45)30-9-11-31(12-10-30)34-14-18-38-41(27-34)52-46(50-38)43-20-16-36-15-19-39(47(59)57(36)43)53-48(60)61-2/h3-4,6-7,9-14,17-18,26-27,36,39,42-43H,5,8,15-16,19-25,28-29H2,1-2H3,(H,49,51)(H,50,52)(H,53,60)/t36-,39-,42-,43-/m0/s1. The number of benzene rings is 4. The Kier molecular flexibility index (Phi) is 10.5. The van der Waals surface area contributed by atoms with Crippen molar-refractivity contribution in [3.63, 3.8) is 0 Å². The molecule has 0 radical (unpaired) electrons. The number of nitrogens with zero attached hydrogens (tertiary/aromatic N) is 6. The van der Waals surface area contributed by atoms with Crippen LogP contribution in [0.15, 0.2) is 84.9 Å². The van der Waals surface area contributed by atoms with E-state index in [0.717, 1.165) is 133 Å². The van der Waals surface area contributed by atoms with Gasteiger partial charge < -0.3 is 34.7 Å². The number of hydrogen-bond donors (Lipinski definition) is 3. The molecule has 13 nitrogen and oxygen atoms in total. The number of H-pyrrole nitrogens is 2. The summed E-state index contributed by atoms with van der Waals surface area (Å²) < 4.78 is 4.76. The fourth-order valence-electron chi connectivity index (χ4n) is 10.1. The Labute approximate surface area is 355 Å². The number of nitrogens with one attached hydrogen (secondary N) is 3. The van der Waals surface area contributed by atoms with Crippen molar-refractivity contribution in [2.45, 2.75) is 75.7 Å². The molecule has 4 aromatic carbocycles. The van der Waals surface area contributed by atoms with Crippen molar-refractivity contribution in [1.29, 1.82) is 0 Å². The second-order valence-electron chi connectivity index (χ2n) is 17.3. The first-order valence-corrected chi connectivity index (χ1v) is 21.8. The van der Waals surface area contributed by atoms with E-state index >= 15 is 0 Å². The van der Waals surface area contributed by atoms with E-state index in [1.807, 2.05) is 21.9 Å². The lowest BCUT2D eigenvalue weighted by Crippen LogP contribution is -2.54. The SMILES string of the molecule is COC(=O)N[C@H]1CC[C@H]2CC[C@@H](c3nc4ccc(-c5ccc(-c6ccc7nc([C@@H]8CCCN8C(=O)Cc8ccccc8CN8CCN(C)CC8)[nH]c7c6)cc5)cc4[nH]3)N2C1=O. The largest absolute Gasteiger partial charge is 0.453 e. The van der Waals surface area contributed by atoms with Crippen LogP contribution >= 0.6 is 0 Å². The summed E-state index contributed by atoms with van der Waals surface area (Å²) in [5, 5.41) is 2.71. The fraction of sp³-hybridized carbons (Fsp3) is 0.396. The zero-order chi connectivity index (χ0) is 41.6. The molecule has 4 saturated heterocycles. The van der Waals surface area contributed by atoms with Gasteiger partial charge in [0.05, 0.1) is 47.7 Å². The summed E-state index contributed by atoms with van der Waals surface area (Å²) in [6, 6.07) is 28.9. The lowest BCUT2D eigenvalue weighted by Gasteiger charge is -2.37. The molecule has 0 saturated carbocycles. The molecule has 0 aliphatic carbocycles.